The minimum Gasteiger partial charge on any atom is -0.332 e. The van der Waals surface area contributed by atoms with Gasteiger partial charge in [0.1, 0.15) is 0 Å². The van der Waals surface area contributed by atoms with Gasteiger partial charge in [0.25, 0.3) is 0 Å². The van der Waals surface area contributed by atoms with Crippen molar-refractivity contribution >= 4 is 45.0 Å². The molecule has 4 N–H and O–H groups in total. The number of thiocarbonyl (C=S) groups is 1. The SMILES string of the molecule is NS(=O)(=O)c1ccc(NC(=S)NC(=O)/C=C/c2ccccc2)cc1. The van der Waals surface area contributed by atoms with Gasteiger partial charge >= 0.3 is 0 Å². The predicted molar refractivity (Wildman–Crippen MR) is 97.7 cm³/mol. The third-order valence-corrected chi connectivity index (χ3v) is 4.04. The first-order valence-electron chi connectivity index (χ1n) is 6.82. The third kappa shape index (κ3) is 5.58. The van der Waals surface area contributed by atoms with Crippen LogP contribution in [0.1, 0.15) is 5.56 Å². The van der Waals surface area contributed by atoms with Crippen LogP contribution in [0.25, 0.3) is 6.08 Å². The second-order valence-corrected chi connectivity index (χ2v) is 6.73. The lowest BCUT2D eigenvalue weighted by atomic mass is 10.2. The molecule has 2 aromatic carbocycles. The molecule has 0 radical (unpaired) electrons. The van der Waals surface area contributed by atoms with Crippen molar-refractivity contribution < 1.29 is 13.2 Å². The molecule has 1 amide bonds. The van der Waals surface area contributed by atoms with Crippen LogP contribution in [0.2, 0.25) is 0 Å². The van der Waals surface area contributed by atoms with Gasteiger partial charge in [-0.2, -0.15) is 0 Å². The number of hydrogen-bond donors (Lipinski definition) is 3. The number of nitrogens with two attached hydrogens (primary N) is 1. The van der Waals surface area contributed by atoms with Crippen molar-refractivity contribution in [3.63, 3.8) is 0 Å². The Bertz CT molecular complexity index is 861. The van der Waals surface area contributed by atoms with Crippen LogP contribution in [-0.4, -0.2) is 19.4 Å². The Morgan fingerprint density at radius 3 is 2.25 bits per heavy atom. The zero-order valence-electron chi connectivity index (χ0n) is 12.5. The van der Waals surface area contributed by atoms with E-state index < -0.39 is 10.0 Å². The van der Waals surface area contributed by atoms with E-state index in [2.05, 4.69) is 10.6 Å². The van der Waals surface area contributed by atoms with Gasteiger partial charge in [0.15, 0.2) is 5.11 Å². The fraction of sp³-hybridized carbons (Fsp3) is 0. The lowest BCUT2D eigenvalue weighted by molar-refractivity contribution is -0.115. The molecule has 0 aliphatic carbocycles. The topological polar surface area (TPSA) is 101 Å². The minimum atomic E-state index is -3.74. The molecule has 0 aromatic heterocycles. The molecule has 0 unspecified atom stereocenters. The van der Waals surface area contributed by atoms with E-state index >= 15 is 0 Å². The molecule has 0 spiro atoms. The molecule has 124 valence electrons. The van der Waals surface area contributed by atoms with Crippen LogP contribution in [0.4, 0.5) is 5.69 Å². The van der Waals surface area contributed by atoms with E-state index in [0.29, 0.717) is 5.69 Å². The van der Waals surface area contributed by atoms with Crippen LogP contribution in [-0.2, 0) is 14.8 Å². The summed E-state index contributed by atoms with van der Waals surface area (Å²) in [6, 6.07) is 15.0. The molecule has 0 heterocycles. The summed E-state index contributed by atoms with van der Waals surface area (Å²) < 4.78 is 22.3. The maximum Gasteiger partial charge on any atom is 0.250 e. The fourth-order valence-electron chi connectivity index (χ4n) is 1.78. The number of sulfonamides is 1. The van der Waals surface area contributed by atoms with Crippen molar-refractivity contribution in [2.24, 2.45) is 5.14 Å². The van der Waals surface area contributed by atoms with E-state index in [1.807, 2.05) is 30.3 Å². The highest BCUT2D eigenvalue weighted by molar-refractivity contribution is 7.89. The van der Waals surface area contributed by atoms with Gasteiger partial charge < -0.3 is 5.32 Å². The molecule has 0 bridgehead atoms. The monoisotopic (exact) mass is 361 g/mol. The smallest absolute Gasteiger partial charge is 0.250 e. The van der Waals surface area contributed by atoms with Crippen LogP contribution >= 0.6 is 12.2 Å². The summed E-state index contributed by atoms with van der Waals surface area (Å²) in [6.07, 6.45) is 3.03. The Balaban J connectivity index is 1.91. The zero-order chi connectivity index (χ0) is 17.6. The van der Waals surface area contributed by atoms with E-state index in [4.69, 9.17) is 17.4 Å². The van der Waals surface area contributed by atoms with Crippen LogP contribution in [0, 0.1) is 0 Å². The lowest BCUT2D eigenvalue weighted by Gasteiger charge is -2.08. The van der Waals surface area contributed by atoms with E-state index in [1.54, 1.807) is 6.08 Å². The Kier molecular flexibility index (Phi) is 5.80. The molecule has 2 aromatic rings. The van der Waals surface area contributed by atoms with Gasteiger partial charge in [0, 0.05) is 11.8 Å². The summed E-state index contributed by atoms with van der Waals surface area (Å²) in [6.45, 7) is 0. The number of rotatable bonds is 4. The Labute approximate surface area is 145 Å². The summed E-state index contributed by atoms with van der Waals surface area (Å²) in [5.41, 5.74) is 1.42. The Morgan fingerprint density at radius 2 is 1.67 bits per heavy atom. The van der Waals surface area contributed by atoms with Gasteiger partial charge in [-0.15, -0.1) is 0 Å². The normalized spacial score (nSPS) is 11.2. The van der Waals surface area contributed by atoms with Gasteiger partial charge in [-0.3, -0.25) is 10.1 Å². The largest absolute Gasteiger partial charge is 0.332 e. The van der Waals surface area contributed by atoms with Crippen molar-refractivity contribution in [2.75, 3.05) is 5.32 Å². The second-order valence-electron chi connectivity index (χ2n) is 4.76. The summed E-state index contributed by atoms with van der Waals surface area (Å²) >= 11 is 5.03. The van der Waals surface area contributed by atoms with Crippen molar-refractivity contribution in [1.29, 1.82) is 0 Å². The molecule has 24 heavy (non-hydrogen) atoms. The zero-order valence-corrected chi connectivity index (χ0v) is 14.1. The van der Waals surface area contributed by atoms with Crippen molar-refractivity contribution in [3.05, 3.63) is 66.2 Å². The molecule has 0 aliphatic heterocycles. The van der Waals surface area contributed by atoms with E-state index in [0.717, 1.165) is 5.56 Å². The number of carbonyl (C=O) groups excluding carboxylic acids is 1. The maximum atomic E-state index is 11.8. The molecule has 6 nitrogen and oxygen atoms in total. The molecular formula is C16H15N3O3S2. The van der Waals surface area contributed by atoms with Crippen molar-refractivity contribution in [3.8, 4) is 0 Å². The van der Waals surface area contributed by atoms with Crippen LogP contribution in [0.5, 0.6) is 0 Å². The Morgan fingerprint density at radius 1 is 1.04 bits per heavy atom. The first kappa shape index (κ1) is 17.8. The van der Waals surface area contributed by atoms with E-state index in [1.165, 1.54) is 30.3 Å². The van der Waals surface area contributed by atoms with E-state index in [9.17, 15) is 13.2 Å². The highest BCUT2D eigenvalue weighted by Crippen LogP contribution is 2.12. The van der Waals surface area contributed by atoms with Crippen molar-refractivity contribution in [1.82, 2.24) is 5.32 Å². The average Bonchev–Trinajstić information content (AvgIpc) is 2.53. The molecule has 0 saturated heterocycles. The van der Waals surface area contributed by atoms with Gasteiger partial charge in [0.05, 0.1) is 4.90 Å². The van der Waals surface area contributed by atoms with Gasteiger partial charge in [-0.1, -0.05) is 30.3 Å². The predicted octanol–water partition coefficient (Wildman–Crippen LogP) is 1.86. The molecule has 0 saturated carbocycles. The quantitative estimate of drug-likeness (QED) is 0.570. The Hall–Kier alpha value is -2.55. The second kappa shape index (κ2) is 7.82. The fourth-order valence-corrected chi connectivity index (χ4v) is 2.51. The number of hydrogen-bond acceptors (Lipinski definition) is 4. The van der Waals surface area contributed by atoms with Crippen LogP contribution in [0.15, 0.2) is 65.6 Å². The molecule has 2 rings (SSSR count). The summed E-state index contributed by atoms with van der Waals surface area (Å²) in [5.74, 6) is -0.377. The lowest BCUT2D eigenvalue weighted by Crippen LogP contribution is -2.32. The highest BCUT2D eigenvalue weighted by Gasteiger charge is 2.07. The standard InChI is InChI=1S/C16H15N3O3S2/c17-24(21,22)14-9-7-13(8-10-14)18-16(23)19-15(20)11-6-12-4-2-1-3-5-12/h1-11H,(H2,17,21,22)(H2,18,19,20,23)/b11-6+. The molecule has 0 atom stereocenters. The summed E-state index contributed by atoms with van der Waals surface area (Å²) in [7, 11) is -3.74. The highest BCUT2D eigenvalue weighted by atomic mass is 32.2. The average molecular weight is 361 g/mol. The van der Waals surface area contributed by atoms with E-state index in [-0.39, 0.29) is 15.9 Å². The number of benzene rings is 2. The van der Waals surface area contributed by atoms with Crippen molar-refractivity contribution in [2.45, 2.75) is 4.90 Å². The number of carbonyl (C=O) groups is 1. The minimum absolute atomic E-state index is 0.00574. The first-order valence-corrected chi connectivity index (χ1v) is 8.78. The number of anilines is 1. The first-order chi connectivity index (χ1) is 11.3. The van der Waals surface area contributed by atoms with Gasteiger partial charge in [0.2, 0.25) is 15.9 Å². The molecule has 8 heteroatoms. The molecule has 0 aliphatic rings. The van der Waals surface area contributed by atoms with Gasteiger partial charge in [-0.25, -0.2) is 13.6 Å². The number of nitrogens with one attached hydrogen (secondary N) is 2. The summed E-state index contributed by atoms with van der Waals surface area (Å²) in [5, 5.41) is 10.4. The van der Waals surface area contributed by atoms with Gasteiger partial charge in [-0.05, 0) is 48.1 Å². The molecule has 0 fully saturated rings. The third-order valence-electron chi connectivity index (χ3n) is 2.90. The number of amides is 1. The molecular weight excluding hydrogens is 346 g/mol. The van der Waals surface area contributed by atoms with Crippen LogP contribution < -0.4 is 15.8 Å². The number of primary sulfonamides is 1. The van der Waals surface area contributed by atoms with Crippen LogP contribution in [0.3, 0.4) is 0 Å². The summed E-state index contributed by atoms with van der Waals surface area (Å²) in [4.78, 5) is 11.8. The maximum absolute atomic E-state index is 11.8.